The molecule has 0 saturated heterocycles. The second-order valence-electron chi connectivity index (χ2n) is 6.19. The summed E-state index contributed by atoms with van der Waals surface area (Å²) in [6.07, 6.45) is 2.26. The lowest BCUT2D eigenvalue weighted by atomic mass is 9.77. The van der Waals surface area contributed by atoms with Crippen molar-refractivity contribution in [2.45, 2.75) is 30.3 Å². The molecule has 0 aromatic heterocycles. The summed E-state index contributed by atoms with van der Waals surface area (Å²) >= 11 is 12.2. The van der Waals surface area contributed by atoms with Gasteiger partial charge in [0, 0.05) is 12.0 Å². The van der Waals surface area contributed by atoms with E-state index in [4.69, 9.17) is 36.2 Å². The maximum atomic E-state index is 10.7. The Kier molecular flexibility index (Phi) is 7.38. The average Bonchev–Trinajstić information content (AvgIpc) is 2.62. The molecule has 154 valence electrons. The third kappa shape index (κ3) is 5.39. The largest absolute Gasteiger partial charge is 0.522 e. The van der Waals surface area contributed by atoms with Gasteiger partial charge in [-0.2, -0.15) is 21.6 Å². The number of nitrogens with one attached hydrogen (secondary N) is 1. The number of benzene rings is 2. The fourth-order valence-electron chi connectivity index (χ4n) is 3.17. The molecule has 1 aliphatic rings. The molecule has 0 radical (unpaired) electrons. The van der Waals surface area contributed by atoms with E-state index in [9.17, 15) is 13.2 Å². The van der Waals surface area contributed by atoms with Gasteiger partial charge in [-0.1, -0.05) is 53.5 Å². The van der Waals surface area contributed by atoms with Gasteiger partial charge in [-0.25, -0.2) is 0 Å². The van der Waals surface area contributed by atoms with Gasteiger partial charge in [0.15, 0.2) is 0 Å². The number of alkyl halides is 3. The summed E-state index contributed by atoms with van der Waals surface area (Å²) in [4.78, 5) is 0. The third-order valence-corrected chi connectivity index (χ3v) is 5.80. The van der Waals surface area contributed by atoms with Gasteiger partial charge in [-0.3, -0.25) is 4.55 Å². The van der Waals surface area contributed by atoms with E-state index in [1.807, 2.05) is 19.2 Å². The predicted octanol–water partition coefficient (Wildman–Crippen LogP) is 5.57. The van der Waals surface area contributed by atoms with Crippen molar-refractivity contribution in [2.24, 2.45) is 0 Å². The van der Waals surface area contributed by atoms with Gasteiger partial charge < -0.3 is 5.32 Å². The second kappa shape index (κ2) is 9.00. The summed E-state index contributed by atoms with van der Waals surface area (Å²) in [5.74, 6) is 0.408. The van der Waals surface area contributed by atoms with Crippen LogP contribution in [0.1, 0.15) is 41.5 Å². The van der Waals surface area contributed by atoms with Gasteiger partial charge in [0.2, 0.25) is 0 Å². The third-order valence-electron chi connectivity index (χ3n) is 4.48. The quantitative estimate of drug-likeness (QED) is 0.458. The van der Waals surface area contributed by atoms with Crippen LogP contribution in [0.5, 0.6) is 0 Å². The van der Waals surface area contributed by atoms with Gasteiger partial charge in [-0.15, -0.1) is 0 Å². The van der Waals surface area contributed by atoms with E-state index in [2.05, 4.69) is 35.6 Å². The lowest BCUT2D eigenvalue weighted by Crippen LogP contribution is -2.24. The van der Waals surface area contributed by atoms with E-state index < -0.39 is 15.6 Å². The zero-order valence-corrected chi connectivity index (χ0v) is 17.0. The lowest BCUT2D eigenvalue weighted by Gasteiger charge is -2.32. The second-order valence-corrected chi connectivity index (χ2v) is 8.42. The molecule has 2 aromatic rings. The highest BCUT2D eigenvalue weighted by molar-refractivity contribution is 7.86. The maximum absolute atomic E-state index is 10.7. The van der Waals surface area contributed by atoms with E-state index in [0.717, 1.165) is 12.8 Å². The van der Waals surface area contributed by atoms with Crippen molar-refractivity contribution in [3.63, 3.8) is 0 Å². The first-order chi connectivity index (χ1) is 13.0. The first-order valence-corrected chi connectivity index (χ1v) is 10.4. The average molecular weight is 456 g/mol. The standard InChI is InChI=1S/C17H17Cl2N.CHF3O3S/c1-20-17-9-7-12(13-4-2-3-5-14(13)17)11-6-8-15(18)16(19)10-11;2-1(3,4)8(5,6)7/h2-6,8,10,12,17,20H,7,9H2,1H3;(H,5,6,7)/t12-,17-;/m0./s1. The first kappa shape index (κ1) is 23.0. The van der Waals surface area contributed by atoms with E-state index >= 15 is 0 Å². The van der Waals surface area contributed by atoms with Crippen LogP contribution in [0.25, 0.3) is 0 Å². The van der Waals surface area contributed by atoms with Crippen LogP contribution in [0.2, 0.25) is 10.0 Å². The summed E-state index contributed by atoms with van der Waals surface area (Å²) < 4.78 is 57.5. The maximum Gasteiger partial charge on any atom is 0.522 e. The van der Waals surface area contributed by atoms with E-state index in [1.165, 1.54) is 16.7 Å². The van der Waals surface area contributed by atoms with E-state index in [-0.39, 0.29) is 0 Å². The predicted molar refractivity (Wildman–Crippen MR) is 103 cm³/mol. The monoisotopic (exact) mass is 455 g/mol. The van der Waals surface area contributed by atoms with Crippen molar-refractivity contribution in [1.82, 2.24) is 5.32 Å². The molecule has 0 amide bonds. The number of rotatable bonds is 2. The lowest BCUT2D eigenvalue weighted by molar-refractivity contribution is -0.0510. The van der Waals surface area contributed by atoms with Crippen molar-refractivity contribution in [2.75, 3.05) is 7.05 Å². The molecule has 2 N–H and O–H groups in total. The number of halogens is 5. The fraction of sp³-hybridized carbons (Fsp3) is 0.333. The molecule has 0 bridgehead atoms. The smallest absolute Gasteiger partial charge is 0.313 e. The zero-order chi connectivity index (χ0) is 21.1. The van der Waals surface area contributed by atoms with Crippen molar-refractivity contribution in [3.8, 4) is 0 Å². The Morgan fingerprint density at radius 2 is 1.61 bits per heavy atom. The van der Waals surface area contributed by atoms with E-state index in [0.29, 0.717) is 22.0 Å². The van der Waals surface area contributed by atoms with Crippen LogP contribution in [0.3, 0.4) is 0 Å². The van der Waals surface area contributed by atoms with Gasteiger partial charge in [0.05, 0.1) is 10.0 Å². The Morgan fingerprint density at radius 1 is 1.04 bits per heavy atom. The molecule has 1 aliphatic carbocycles. The van der Waals surface area contributed by atoms with Gasteiger partial charge in [-0.05, 0) is 48.7 Å². The molecule has 0 saturated carbocycles. The van der Waals surface area contributed by atoms with Crippen molar-refractivity contribution < 1.29 is 26.1 Å². The van der Waals surface area contributed by atoms with Crippen LogP contribution in [0, 0.1) is 0 Å². The molecule has 2 aromatic carbocycles. The van der Waals surface area contributed by atoms with Gasteiger partial charge in [0.1, 0.15) is 0 Å². The Bertz CT molecular complexity index is 936. The molecule has 0 aliphatic heterocycles. The normalized spacial score (nSPS) is 19.4. The first-order valence-electron chi connectivity index (χ1n) is 8.20. The van der Waals surface area contributed by atoms with Crippen LogP contribution in [0.4, 0.5) is 13.2 Å². The summed E-state index contributed by atoms with van der Waals surface area (Å²) in [5.41, 5.74) is -1.48. The molecular weight excluding hydrogens is 438 g/mol. The molecule has 3 rings (SSSR count). The molecule has 28 heavy (non-hydrogen) atoms. The molecule has 10 heteroatoms. The molecule has 4 nitrogen and oxygen atoms in total. The fourth-order valence-corrected chi connectivity index (χ4v) is 3.47. The van der Waals surface area contributed by atoms with Crippen molar-refractivity contribution in [1.29, 1.82) is 0 Å². The Morgan fingerprint density at radius 3 is 2.11 bits per heavy atom. The zero-order valence-electron chi connectivity index (χ0n) is 14.7. The minimum atomic E-state index is -5.84. The SMILES string of the molecule is CN[C@H]1CC[C@@H](c2ccc(Cl)c(Cl)c2)c2ccccc21.O=S(=O)(O)C(F)(F)F. The van der Waals surface area contributed by atoms with Crippen LogP contribution < -0.4 is 5.32 Å². The summed E-state index contributed by atoms with van der Waals surface area (Å²) in [7, 11) is -3.81. The molecule has 0 heterocycles. The van der Waals surface area contributed by atoms with Crippen molar-refractivity contribution in [3.05, 3.63) is 69.2 Å². The van der Waals surface area contributed by atoms with E-state index in [1.54, 1.807) is 0 Å². The molecule has 0 spiro atoms. The Balaban J connectivity index is 0.000000300. The Labute approximate surface area is 171 Å². The molecule has 0 fully saturated rings. The van der Waals surface area contributed by atoms with Crippen molar-refractivity contribution >= 4 is 33.3 Å². The summed E-state index contributed by atoms with van der Waals surface area (Å²) in [5, 5.41) is 4.66. The minimum Gasteiger partial charge on any atom is -0.313 e. The van der Waals surface area contributed by atoms with Crippen LogP contribution in [0.15, 0.2) is 42.5 Å². The Hall–Kier alpha value is -1.32. The highest BCUT2D eigenvalue weighted by Crippen LogP contribution is 2.42. The van der Waals surface area contributed by atoms with Crippen LogP contribution >= 0.6 is 23.2 Å². The summed E-state index contributed by atoms with van der Waals surface area (Å²) in [6, 6.07) is 15.1. The molecular formula is C18H18Cl2F3NO3S. The molecule has 0 unspecified atom stereocenters. The van der Waals surface area contributed by atoms with Crippen LogP contribution in [-0.4, -0.2) is 25.5 Å². The van der Waals surface area contributed by atoms with Gasteiger partial charge in [0.25, 0.3) is 0 Å². The number of hydrogen-bond donors (Lipinski definition) is 2. The highest BCUT2D eigenvalue weighted by Gasteiger charge is 2.44. The number of fused-ring (bicyclic) bond motifs is 1. The number of hydrogen-bond acceptors (Lipinski definition) is 3. The summed E-state index contributed by atoms with van der Waals surface area (Å²) in [6.45, 7) is 0. The minimum absolute atomic E-state index is 0.408. The van der Waals surface area contributed by atoms with Gasteiger partial charge >= 0.3 is 15.6 Å². The highest BCUT2D eigenvalue weighted by atomic mass is 35.5. The molecule has 2 atom stereocenters. The topological polar surface area (TPSA) is 66.4 Å². The van der Waals surface area contributed by atoms with Crippen LogP contribution in [-0.2, 0) is 10.1 Å².